The molecule has 0 amide bonds. The summed E-state index contributed by atoms with van der Waals surface area (Å²) in [4.78, 5) is 0. The van der Waals surface area contributed by atoms with Crippen LogP contribution in [0.1, 0.15) is 29.9 Å². The van der Waals surface area contributed by atoms with Crippen molar-refractivity contribution >= 4 is 5.69 Å². The van der Waals surface area contributed by atoms with Gasteiger partial charge in [-0.05, 0) is 42.0 Å². The smallest absolute Gasteiger partial charge is 0.196 e. The van der Waals surface area contributed by atoms with Gasteiger partial charge < -0.3 is 5.32 Å². The Kier molecular flexibility index (Phi) is 3.38. The van der Waals surface area contributed by atoms with E-state index in [9.17, 15) is 13.2 Å². The summed E-state index contributed by atoms with van der Waals surface area (Å²) in [6, 6.07) is 10.2. The van der Waals surface area contributed by atoms with Crippen molar-refractivity contribution in [1.82, 2.24) is 0 Å². The number of benzene rings is 2. The minimum Gasteiger partial charge on any atom is -0.379 e. The van der Waals surface area contributed by atoms with E-state index in [1.807, 2.05) is 12.1 Å². The van der Waals surface area contributed by atoms with E-state index < -0.39 is 17.5 Å². The first-order valence-electron chi connectivity index (χ1n) is 6.61. The Labute approximate surface area is 115 Å². The van der Waals surface area contributed by atoms with Crippen molar-refractivity contribution < 1.29 is 13.2 Å². The molecule has 2 aromatic carbocycles. The number of hydrogen-bond donors (Lipinski definition) is 1. The van der Waals surface area contributed by atoms with Crippen LogP contribution in [0.3, 0.4) is 0 Å². The van der Waals surface area contributed by atoms with Crippen molar-refractivity contribution in [3.05, 3.63) is 65.0 Å². The van der Waals surface area contributed by atoms with Crippen molar-refractivity contribution in [2.24, 2.45) is 0 Å². The Morgan fingerprint density at radius 3 is 2.25 bits per heavy atom. The molecule has 2 aromatic rings. The highest BCUT2D eigenvalue weighted by Crippen LogP contribution is 2.39. The molecule has 4 heteroatoms. The molecule has 0 aliphatic heterocycles. The minimum absolute atomic E-state index is 0.0323. The molecular formula is C16H14F3N. The van der Waals surface area contributed by atoms with E-state index in [-0.39, 0.29) is 5.69 Å². The van der Waals surface area contributed by atoms with Crippen molar-refractivity contribution in [2.45, 2.75) is 25.3 Å². The molecule has 1 fully saturated rings. The van der Waals surface area contributed by atoms with Gasteiger partial charge in [0.15, 0.2) is 17.5 Å². The summed E-state index contributed by atoms with van der Waals surface area (Å²) in [6.45, 7) is 0.368. The third kappa shape index (κ3) is 2.64. The van der Waals surface area contributed by atoms with Gasteiger partial charge in [-0.25, -0.2) is 13.2 Å². The van der Waals surface area contributed by atoms with Crippen LogP contribution in [-0.4, -0.2) is 0 Å². The molecule has 0 aromatic heterocycles. The molecule has 1 N–H and O–H groups in total. The number of halogens is 3. The monoisotopic (exact) mass is 277 g/mol. The summed E-state index contributed by atoms with van der Waals surface area (Å²) in [6.07, 6.45) is 2.50. The minimum atomic E-state index is -1.45. The van der Waals surface area contributed by atoms with Crippen LogP contribution in [0.4, 0.5) is 18.9 Å². The van der Waals surface area contributed by atoms with Crippen LogP contribution in [0.2, 0.25) is 0 Å². The molecule has 0 unspecified atom stereocenters. The lowest BCUT2D eigenvalue weighted by Gasteiger charge is -2.09. The Morgan fingerprint density at radius 2 is 1.60 bits per heavy atom. The average Bonchev–Trinajstić information content (AvgIpc) is 3.29. The van der Waals surface area contributed by atoms with Crippen LogP contribution in [0.15, 0.2) is 36.4 Å². The number of rotatable bonds is 4. The van der Waals surface area contributed by atoms with E-state index in [1.165, 1.54) is 24.5 Å². The molecule has 20 heavy (non-hydrogen) atoms. The predicted octanol–water partition coefficient (Wildman–Crippen LogP) is 4.59. The molecule has 1 nitrogen and oxygen atoms in total. The molecule has 1 aliphatic carbocycles. The second kappa shape index (κ2) is 5.19. The fourth-order valence-electron chi connectivity index (χ4n) is 2.18. The Bertz CT molecular complexity index is 618. The van der Waals surface area contributed by atoms with E-state index in [0.29, 0.717) is 12.5 Å². The van der Waals surface area contributed by atoms with E-state index in [0.717, 1.165) is 11.6 Å². The molecule has 0 spiro atoms. The first-order valence-corrected chi connectivity index (χ1v) is 6.61. The second-order valence-electron chi connectivity index (χ2n) is 5.09. The number of nitrogens with one attached hydrogen (secondary N) is 1. The third-order valence-electron chi connectivity index (χ3n) is 3.55. The summed E-state index contributed by atoms with van der Waals surface area (Å²) in [5.74, 6) is -3.11. The van der Waals surface area contributed by atoms with Gasteiger partial charge >= 0.3 is 0 Å². The van der Waals surface area contributed by atoms with Crippen LogP contribution in [0.25, 0.3) is 0 Å². The second-order valence-corrected chi connectivity index (χ2v) is 5.09. The molecule has 3 rings (SSSR count). The normalized spacial score (nSPS) is 14.3. The van der Waals surface area contributed by atoms with E-state index >= 15 is 0 Å². The van der Waals surface area contributed by atoms with Gasteiger partial charge in [0.1, 0.15) is 0 Å². The molecule has 0 atom stereocenters. The van der Waals surface area contributed by atoms with E-state index in [4.69, 9.17) is 0 Å². The average molecular weight is 277 g/mol. The molecule has 0 bridgehead atoms. The largest absolute Gasteiger partial charge is 0.379 e. The maximum atomic E-state index is 13.5. The first-order chi connectivity index (χ1) is 9.65. The summed E-state index contributed by atoms with van der Waals surface area (Å²) in [5.41, 5.74) is 2.27. The third-order valence-corrected chi connectivity index (χ3v) is 3.55. The van der Waals surface area contributed by atoms with Crippen molar-refractivity contribution in [3.8, 4) is 0 Å². The molecular weight excluding hydrogens is 263 g/mol. The van der Waals surface area contributed by atoms with Crippen LogP contribution in [-0.2, 0) is 6.54 Å². The van der Waals surface area contributed by atoms with Crippen LogP contribution in [0.5, 0.6) is 0 Å². The lowest BCUT2D eigenvalue weighted by Crippen LogP contribution is -2.04. The fourth-order valence-corrected chi connectivity index (χ4v) is 2.18. The maximum Gasteiger partial charge on any atom is 0.196 e. The highest BCUT2D eigenvalue weighted by atomic mass is 19.2. The van der Waals surface area contributed by atoms with E-state index in [1.54, 1.807) is 0 Å². The molecule has 1 aliphatic rings. The lowest BCUT2D eigenvalue weighted by molar-refractivity contribution is 0.449. The Morgan fingerprint density at radius 1 is 0.900 bits per heavy atom. The molecule has 104 valence electrons. The van der Waals surface area contributed by atoms with Crippen LogP contribution >= 0.6 is 0 Å². The van der Waals surface area contributed by atoms with E-state index in [2.05, 4.69) is 17.4 Å². The van der Waals surface area contributed by atoms with Gasteiger partial charge in [-0.15, -0.1) is 0 Å². The van der Waals surface area contributed by atoms with Gasteiger partial charge in [0, 0.05) is 6.54 Å². The van der Waals surface area contributed by atoms with Crippen molar-refractivity contribution in [1.29, 1.82) is 0 Å². The zero-order valence-corrected chi connectivity index (χ0v) is 10.8. The van der Waals surface area contributed by atoms with Crippen LogP contribution < -0.4 is 5.32 Å². The quantitative estimate of drug-likeness (QED) is 0.806. The maximum absolute atomic E-state index is 13.5. The van der Waals surface area contributed by atoms with Gasteiger partial charge in [0.2, 0.25) is 0 Å². The molecule has 1 saturated carbocycles. The van der Waals surface area contributed by atoms with Gasteiger partial charge in [0.25, 0.3) is 0 Å². The highest BCUT2D eigenvalue weighted by Gasteiger charge is 2.22. The van der Waals surface area contributed by atoms with Gasteiger partial charge in [0.05, 0.1) is 5.69 Å². The van der Waals surface area contributed by atoms with Gasteiger partial charge in [-0.3, -0.25) is 0 Å². The first kappa shape index (κ1) is 13.0. The standard InChI is InChI=1S/C16H14F3N/c17-13-7-8-14(16(19)15(13)18)20-9-10-1-3-11(4-2-10)12-5-6-12/h1-4,7-8,12,20H,5-6,9H2. The Balaban J connectivity index is 1.68. The summed E-state index contributed by atoms with van der Waals surface area (Å²) >= 11 is 0. The summed E-state index contributed by atoms with van der Waals surface area (Å²) in [7, 11) is 0. The SMILES string of the molecule is Fc1ccc(NCc2ccc(C3CC3)cc2)c(F)c1F. The summed E-state index contributed by atoms with van der Waals surface area (Å²) < 4.78 is 39.3. The Hall–Kier alpha value is -1.97. The molecule has 0 radical (unpaired) electrons. The molecule has 0 saturated heterocycles. The van der Waals surface area contributed by atoms with Gasteiger partial charge in [-0.1, -0.05) is 24.3 Å². The highest BCUT2D eigenvalue weighted by molar-refractivity contribution is 5.46. The fraction of sp³-hybridized carbons (Fsp3) is 0.250. The van der Waals surface area contributed by atoms with Crippen molar-refractivity contribution in [3.63, 3.8) is 0 Å². The number of anilines is 1. The zero-order valence-electron chi connectivity index (χ0n) is 10.8. The topological polar surface area (TPSA) is 12.0 Å². The molecule has 0 heterocycles. The zero-order chi connectivity index (χ0) is 14.1. The van der Waals surface area contributed by atoms with Crippen LogP contribution in [0, 0.1) is 17.5 Å². The summed E-state index contributed by atoms with van der Waals surface area (Å²) in [5, 5.41) is 2.78. The number of hydrogen-bond acceptors (Lipinski definition) is 1. The lowest BCUT2D eigenvalue weighted by atomic mass is 10.1. The van der Waals surface area contributed by atoms with Crippen molar-refractivity contribution in [2.75, 3.05) is 5.32 Å². The predicted molar refractivity (Wildman–Crippen MR) is 72.1 cm³/mol. The van der Waals surface area contributed by atoms with Gasteiger partial charge in [-0.2, -0.15) is 0 Å².